The van der Waals surface area contributed by atoms with E-state index in [-0.39, 0.29) is 0 Å². The topological polar surface area (TPSA) is 38.0 Å². The predicted molar refractivity (Wildman–Crippen MR) is 71.0 cm³/mol. The summed E-state index contributed by atoms with van der Waals surface area (Å²) < 4.78 is 0. The summed E-state index contributed by atoms with van der Waals surface area (Å²) in [5, 5.41) is 0. The second-order valence-electron chi connectivity index (χ2n) is 5.56. The van der Waals surface area contributed by atoms with Gasteiger partial charge in [-0.15, -0.1) is 0 Å². The smallest absolute Gasteiger partial charge is 0.0241 e. The van der Waals surface area contributed by atoms with Crippen molar-refractivity contribution >= 4 is 0 Å². The SMILES string of the molecule is CCCCCCCCCC(NN)C1CC1C. The molecular formula is C14H30N2. The van der Waals surface area contributed by atoms with Crippen LogP contribution in [0.15, 0.2) is 0 Å². The number of nitrogens with one attached hydrogen (secondary N) is 1. The van der Waals surface area contributed by atoms with Crippen molar-refractivity contribution in [2.24, 2.45) is 17.7 Å². The van der Waals surface area contributed by atoms with Gasteiger partial charge in [-0.05, 0) is 24.7 Å². The van der Waals surface area contributed by atoms with Crippen LogP contribution in [0.1, 0.15) is 71.6 Å². The summed E-state index contributed by atoms with van der Waals surface area (Å²) in [6.45, 7) is 4.61. The van der Waals surface area contributed by atoms with Crippen LogP contribution in [0.25, 0.3) is 0 Å². The van der Waals surface area contributed by atoms with E-state index >= 15 is 0 Å². The standard InChI is InChI=1S/C14H30N2/c1-3-4-5-6-7-8-9-10-14(16-15)13-11-12(13)2/h12-14,16H,3-11,15H2,1-2H3. The number of unbranched alkanes of at least 4 members (excludes halogenated alkanes) is 6. The Morgan fingerprint density at radius 3 is 2.19 bits per heavy atom. The Morgan fingerprint density at radius 2 is 1.69 bits per heavy atom. The van der Waals surface area contributed by atoms with Crippen LogP contribution in [0.4, 0.5) is 0 Å². The molecular weight excluding hydrogens is 196 g/mol. The maximum atomic E-state index is 5.61. The maximum Gasteiger partial charge on any atom is 0.0241 e. The van der Waals surface area contributed by atoms with Crippen LogP contribution < -0.4 is 11.3 Å². The first-order chi connectivity index (χ1) is 7.79. The Bertz CT molecular complexity index is 170. The van der Waals surface area contributed by atoms with Gasteiger partial charge < -0.3 is 0 Å². The number of rotatable bonds is 10. The molecule has 0 heterocycles. The molecule has 2 heteroatoms. The van der Waals surface area contributed by atoms with E-state index < -0.39 is 0 Å². The van der Waals surface area contributed by atoms with Crippen molar-refractivity contribution in [1.29, 1.82) is 0 Å². The zero-order valence-corrected chi connectivity index (χ0v) is 11.2. The van der Waals surface area contributed by atoms with E-state index in [0.29, 0.717) is 6.04 Å². The minimum atomic E-state index is 0.589. The van der Waals surface area contributed by atoms with Gasteiger partial charge in [-0.3, -0.25) is 11.3 Å². The zero-order chi connectivity index (χ0) is 11.8. The summed E-state index contributed by atoms with van der Waals surface area (Å²) >= 11 is 0. The van der Waals surface area contributed by atoms with Gasteiger partial charge in [0.15, 0.2) is 0 Å². The van der Waals surface area contributed by atoms with Gasteiger partial charge in [0.2, 0.25) is 0 Å². The molecule has 0 spiro atoms. The molecule has 0 aromatic carbocycles. The molecule has 96 valence electrons. The summed E-state index contributed by atoms with van der Waals surface area (Å²) in [6, 6.07) is 0.589. The first-order valence-corrected chi connectivity index (χ1v) is 7.25. The molecule has 3 N–H and O–H groups in total. The molecule has 16 heavy (non-hydrogen) atoms. The first kappa shape index (κ1) is 14.0. The lowest BCUT2D eigenvalue weighted by Gasteiger charge is -2.15. The third-order valence-electron chi connectivity index (χ3n) is 4.02. The minimum Gasteiger partial charge on any atom is -0.271 e. The highest BCUT2D eigenvalue weighted by Crippen LogP contribution is 2.41. The van der Waals surface area contributed by atoms with Crippen LogP contribution in [0.2, 0.25) is 0 Å². The molecule has 1 saturated carbocycles. The van der Waals surface area contributed by atoms with E-state index in [9.17, 15) is 0 Å². The van der Waals surface area contributed by atoms with Gasteiger partial charge in [-0.25, -0.2) is 0 Å². The van der Waals surface area contributed by atoms with E-state index in [1.165, 1.54) is 57.8 Å². The van der Waals surface area contributed by atoms with Gasteiger partial charge >= 0.3 is 0 Å². The van der Waals surface area contributed by atoms with Crippen molar-refractivity contribution < 1.29 is 0 Å². The molecule has 1 aliphatic carbocycles. The number of hydrazine groups is 1. The van der Waals surface area contributed by atoms with Crippen LogP contribution in [-0.2, 0) is 0 Å². The molecule has 1 fully saturated rings. The third-order valence-corrected chi connectivity index (χ3v) is 4.02. The van der Waals surface area contributed by atoms with Gasteiger partial charge in [-0.2, -0.15) is 0 Å². The first-order valence-electron chi connectivity index (χ1n) is 7.25. The lowest BCUT2D eigenvalue weighted by atomic mass is 10.0. The van der Waals surface area contributed by atoms with E-state index in [4.69, 9.17) is 5.84 Å². The molecule has 0 aliphatic heterocycles. The highest BCUT2D eigenvalue weighted by molar-refractivity contribution is 4.91. The van der Waals surface area contributed by atoms with Gasteiger partial charge in [0, 0.05) is 6.04 Å². The molecule has 0 radical (unpaired) electrons. The summed E-state index contributed by atoms with van der Waals surface area (Å²) in [6.07, 6.45) is 12.4. The molecule has 3 atom stereocenters. The van der Waals surface area contributed by atoms with Crippen LogP contribution in [0, 0.1) is 11.8 Å². The van der Waals surface area contributed by atoms with Crippen LogP contribution in [0.5, 0.6) is 0 Å². The van der Waals surface area contributed by atoms with Crippen molar-refractivity contribution in [3.63, 3.8) is 0 Å². The Hall–Kier alpha value is -0.0800. The highest BCUT2D eigenvalue weighted by Gasteiger charge is 2.38. The Kier molecular flexibility index (Phi) is 7.06. The normalized spacial score (nSPS) is 25.7. The highest BCUT2D eigenvalue weighted by atomic mass is 15.2. The minimum absolute atomic E-state index is 0.589. The molecule has 3 unspecified atom stereocenters. The van der Waals surface area contributed by atoms with Crippen LogP contribution in [0.3, 0.4) is 0 Å². The lowest BCUT2D eigenvalue weighted by molar-refractivity contribution is 0.409. The average Bonchev–Trinajstić information content (AvgIpc) is 3.00. The second kappa shape index (κ2) is 8.08. The molecule has 1 aliphatic rings. The van der Waals surface area contributed by atoms with Crippen molar-refractivity contribution in [2.45, 2.75) is 77.7 Å². The number of nitrogens with two attached hydrogens (primary N) is 1. The predicted octanol–water partition coefficient (Wildman–Crippen LogP) is 3.62. The van der Waals surface area contributed by atoms with Crippen molar-refractivity contribution in [3.8, 4) is 0 Å². The maximum absolute atomic E-state index is 5.61. The average molecular weight is 226 g/mol. The summed E-state index contributed by atoms with van der Waals surface area (Å²) in [4.78, 5) is 0. The molecule has 0 saturated heterocycles. The monoisotopic (exact) mass is 226 g/mol. The molecule has 1 rings (SSSR count). The number of hydrogen-bond donors (Lipinski definition) is 2. The van der Waals surface area contributed by atoms with Crippen molar-refractivity contribution in [2.75, 3.05) is 0 Å². The zero-order valence-electron chi connectivity index (χ0n) is 11.2. The van der Waals surface area contributed by atoms with E-state index in [1.807, 2.05) is 0 Å². The molecule has 2 nitrogen and oxygen atoms in total. The second-order valence-corrected chi connectivity index (χ2v) is 5.56. The summed E-state index contributed by atoms with van der Waals surface area (Å²) in [5.41, 5.74) is 3.01. The fourth-order valence-electron chi connectivity index (χ4n) is 2.65. The van der Waals surface area contributed by atoms with Crippen molar-refractivity contribution in [3.05, 3.63) is 0 Å². The quantitative estimate of drug-likeness (QED) is 0.339. The fraction of sp³-hybridized carbons (Fsp3) is 1.00. The lowest BCUT2D eigenvalue weighted by Crippen LogP contribution is -2.37. The Morgan fingerprint density at radius 1 is 1.12 bits per heavy atom. The molecule has 0 aromatic heterocycles. The summed E-state index contributed by atoms with van der Waals surface area (Å²) in [5.74, 6) is 7.38. The molecule has 0 bridgehead atoms. The van der Waals surface area contributed by atoms with Gasteiger partial charge in [-0.1, -0.05) is 58.8 Å². The van der Waals surface area contributed by atoms with Crippen LogP contribution >= 0.6 is 0 Å². The molecule has 0 aromatic rings. The van der Waals surface area contributed by atoms with E-state index in [2.05, 4.69) is 19.3 Å². The molecule has 0 amide bonds. The summed E-state index contributed by atoms with van der Waals surface area (Å²) in [7, 11) is 0. The van der Waals surface area contributed by atoms with Crippen molar-refractivity contribution in [1.82, 2.24) is 5.43 Å². The van der Waals surface area contributed by atoms with E-state index in [1.54, 1.807) is 0 Å². The largest absolute Gasteiger partial charge is 0.271 e. The van der Waals surface area contributed by atoms with Gasteiger partial charge in [0.05, 0.1) is 0 Å². The third kappa shape index (κ3) is 5.31. The van der Waals surface area contributed by atoms with Crippen LogP contribution in [-0.4, -0.2) is 6.04 Å². The number of hydrogen-bond acceptors (Lipinski definition) is 2. The Balaban J connectivity index is 1.89. The van der Waals surface area contributed by atoms with Gasteiger partial charge in [0.25, 0.3) is 0 Å². The Labute approximate surface area is 101 Å². The van der Waals surface area contributed by atoms with E-state index in [0.717, 1.165) is 11.8 Å². The fourth-order valence-corrected chi connectivity index (χ4v) is 2.65. The van der Waals surface area contributed by atoms with Gasteiger partial charge in [0.1, 0.15) is 0 Å².